The molecule has 6 heteroatoms. The van der Waals surface area contributed by atoms with E-state index in [0.29, 0.717) is 6.73 Å². The molecule has 0 saturated heterocycles. The smallest absolute Gasteiger partial charge is 0.124 e. The summed E-state index contributed by atoms with van der Waals surface area (Å²) in [5.41, 5.74) is 3.20. The molecule has 0 bridgehead atoms. The van der Waals surface area contributed by atoms with Crippen LogP contribution in [0.15, 0.2) is 24.5 Å². The molecule has 1 heterocycles. The Bertz CT molecular complexity index is 551. The molecule has 0 atom stereocenters. The van der Waals surface area contributed by atoms with Gasteiger partial charge in [0, 0.05) is 27.4 Å². The molecule has 112 valence electrons. The lowest BCUT2D eigenvalue weighted by molar-refractivity contribution is 0.0898. The minimum absolute atomic E-state index is 0. The van der Waals surface area contributed by atoms with Crippen LogP contribution in [-0.2, 0) is 11.5 Å². The molecule has 0 aliphatic rings. The Kier molecular flexibility index (Phi) is 6.04. The van der Waals surface area contributed by atoms with Gasteiger partial charge in [0.1, 0.15) is 6.73 Å². The molecule has 0 saturated carbocycles. The average molecular weight is 314 g/mol. The molecule has 0 aliphatic carbocycles. The Morgan fingerprint density at radius 3 is 2.70 bits per heavy atom. The Morgan fingerprint density at radius 1 is 1.30 bits per heavy atom. The molecule has 20 heavy (non-hydrogen) atoms. The number of ether oxygens (including phenoxy) is 1. The highest BCUT2D eigenvalue weighted by atomic mass is 35.5. The highest BCUT2D eigenvalue weighted by molar-refractivity contribution is 6.76. The number of benzene rings is 1. The van der Waals surface area contributed by atoms with E-state index in [1.807, 2.05) is 19.4 Å². The number of rotatable bonds is 6. The zero-order chi connectivity index (χ0) is 13.9. The van der Waals surface area contributed by atoms with E-state index < -0.39 is 8.07 Å². The third kappa shape index (κ3) is 4.51. The van der Waals surface area contributed by atoms with Crippen molar-refractivity contribution in [2.75, 3.05) is 19.0 Å². The summed E-state index contributed by atoms with van der Waals surface area (Å²) < 4.78 is 7.82. The minimum Gasteiger partial charge on any atom is -0.388 e. The zero-order valence-electron chi connectivity index (χ0n) is 12.6. The van der Waals surface area contributed by atoms with Gasteiger partial charge in [-0.25, -0.2) is 4.98 Å². The van der Waals surface area contributed by atoms with E-state index in [0.717, 1.165) is 23.3 Å². The van der Waals surface area contributed by atoms with Crippen molar-refractivity contribution >= 4 is 37.2 Å². The second-order valence-corrected chi connectivity index (χ2v) is 11.6. The van der Waals surface area contributed by atoms with E-state index in [1.165, 1.54) is 6.04 Å². The van der Waals surface area contributed by atoms with Gasteiger partial charge in [-0.05, 0) is 24.2 Å². The number of anilines is 1. The summed E-state index contributed by atoms with van der Waals surface area (Å²) in [7, 11) is 0.911. The first-order chi connectivity index (χ1) is 8.99. The van der Waals surface area contributed by atoms with Gasteiger partial charge in [0.05, 0.1) is 17.4 Å². The monoisotopic (exact) mass is 313 g/mol. The Hall–Kier alpha value is -1.04. The number of nitrogens with zero attached hydrogens (tertiary/aromatic N) is 2. The molecule has 1 aromatic carbocycles. The molecule has 0 unspecified atom stereocenters. The molecule has 0 fully saturated rings. The number of nitrogens with one attached hydrogen (secondary N) is 1. The van der Waals surface area contributed by atoms with Crippen LogP contribution < -0.4 is 5.32 Å². The molecule has 0 aliphatic heterocycles. The van der Waals surface area contributed by atoms with Crippen molar-refractivity contribution in [2.24, 2.45) is 0 Å². The molecule has 2 aromatic rings. The van der Waals surface area contributed by atoms with Crippen molar-refractivity contribution < 1.29 is 4.74 Å². The second kappa shape index (κ2) is 7.11. The van der Waals surface area contributed by atoms with E-state index in [4.69, 9.17) is 4.74 Å². The normalized spacial score (nSPS) is 11.4. The van der Waals surface area contributed by atoms with Crippen molar-refractivity contribution in [3.63, 3.8) is 0 Å². The maximum atomic E-state index is 5.76. The number of aromatic nitrogens is 2. The van der Waals surface area contributed by atoms with E-state index in [9.17, 15) is 0 Å². The summed E-state index contributed by atoms with van der Waals surface area (Å²) in [6.07, 6.45) is 1.85. The van der Waals surface area contributed by atoms with Crippen LogP contribution in [0.4, 0.5) is 5.69 Å². The Morgan fingerprint density at radius 2 is 2.05 bits per heavy atom. The van der Waals surface area contributed by atoms with E-state index in [-0.39, 0.29) is 12.4 Å². The topological polar surface area (TPSA) is 39.1 Å². The van der Waals surface area contributed by atoms with Crippen LogP contribution in [0, 0.1) is 0 Å². The van der Waals surface area contributed by atoms with Crippen LogP contribution in [0.1, 0.15) is 0 Å². The number of imidazole rings is 1. The van der Waals surface area contributed by atoms with Gasteiger partial charge >= 0.3 is 0 Å². The van der Waals surface area contributed by atoms with E-state index in [2.05, 4.69) is 46.6 Å². The van der Waals surface area contributed by atoms with Gasteiger partial charge in [-0.15, -0.1) is 12.4 Å². The first-order valence-electron chi connectivity index (χ1n) is 6.70. The number of halogens is 1. The van der Waals surface area contributed by atoms with Gasteiger partial charge in [-0.2, -0.15) is 0 Å². The van der Waals surface area contributed by atoms with Crippen molar-refractivity contribution in [2.45, 2.75) is 32.4 Å². The summed E-state index contributed by atoms with van der Waals surface area (Å²) >= 11 is 0. The van der Waals surface area contributed by atoms with Gasteiger partial charge in [0.2, 0.25) is 0 Å². The fourth-order valence-electron chi connectivity index (χ4n) is 1.86. The predicted octanol–water partition coefficient (Wildman–Crippen LogP) is 3.81. The molecule has 4 nitrogen and oxygen atoms in total. The zero-order valence-corrected chi connectivity index (χ0v) is 14.5. The highest BCUT2D eigenvalue weighted by Gasteiger charge is 2.12. The molecular weight excluding hydrogens is 290 g/mol. The minimum atomic E-state index is -1.00. The van der Waals surface area contributed by atoms with Crippen molar-refractivity contribution in [1.29, 1.82) is 0 Å². The summed E-state index contributed by atoms with van der Waals surface area (Å²) in [4.78, 5) is 4.41. The summed E-state index contributed by atoms with van der Waals surface area (Å²) in [6.45, 7) is 8.51. The van der Waals surface area contributed by atoms with Crippen LogP contribution in [-0.4, -0.2) is 31.3 Å². The predicted molar refractivity (Wildman–Crippen MR) is 90.6 cm³/mol. The fraction of sp³-hybridized carbons (Fsp3) is 0.500. The van der Waals surface area contributed by atoms with Crippen LogP contribution in [0.5, 0.6) is 0 Å². The SMILES string of the molecule is CNc1ccc2c(c1)ncn2COCC[Si](C)(C)C.Cl. The average Bonchev–Trinajstić information content (AvgIpc) is 2.75. The van der Waals surface area contributed by atoms with E-state index >= 15 is 0 Å². The van der Waals surface area contributed by atoms with Crippen LogP contribution in [0.2, 0.25) is 25.7 Å². The highest BCUT2D eigenvalue weighted by Crippen LogP contribution is 2.18. The number of hydrogen-bond donors (Lipinski definition) is 1. The van der Waals surface area contributed by atoms with Crippen molar-refractivity contribution in [1.82, 2.24) is 9.55 Å². The molecule has 1 aromatic heterocycles. The lowest BCUT2D eigenvalue weighted by Gasteiger charge is -2.15. The second-order valence-electron chi connectivity index (χ2n) is 6.02. The summed E-state index contributed by atoms with van der Waals surface area (Å²) in [6, 6.07) is 7.38. The first kappa shape index (κ1) is 17.0. The summed E-state index contributed by atoms with van der Waals surface area (Å²) in [5.74, 6) is 0. The Labute approximate surface area is 128 Å². The quantitative estimate of drug-likeness (QED) is 0.651. The lowest BCUT2D eigenvalue weighted by atomic mass is 10.3. The fourth-order valence-corrected chi connectivity index (χ4v) is 2.62. The maximum absolute atomic E-state index is 5.76. The maximum Gasteiger partial charge on any atom is 0.124 e. The van der Waals surface area contributed by atoms with Gasteiger partial charge < -0.3 is 14.6 Å². The van der Waals surface area contributed by atoms with Crippen LogP contribution in [0.3, 0.4) is 0 Å². The van der Waals surface area contributed by atoms with Crippen molar-refractivity contribution in [3.8, 4) is 0 Å². The van der Waals surface area contributed by atoms with Crippen LogP contribution in [0.25, 0.3) is 11.0 Å². The van der Waals surface area contributed by atoms with Gasteiger partial charge in [-0.3, -0.25) is 0 Å². The molecule has 2 rings (SSSR count). The Balaban J connectivity index is 0.00000200. The standard InChI is InChI=1S/C14H23N3OSi.ClH/c1-15-12-5-6-14-13(9-12)16-10-17(14)11-18-7-8-19(2,3)4;/h5-6,9-10,15H,7-8,11H2,1-4H3;1H. The van der Waals surface area contributed by atoms with Gasteiger partial charge in [0.15, 0.2) is 0 Å². The van der Waals surface area contributed by atoms with Gasteiger partial charge in [0.25, 0.3) is 0 Å². The van der Waals surface area contributed by atoms with Crippen molar-refractivity contribution in [3.05, 3.63) is 24.5 Å². The third-order valence-corrected chi connectivity index (χ3v) is 4.84. The number of hydrogen-bond acceptors (Lipinski definition) is 3. The third-order valence-electron chi connectivity index (χ3n) is 3.14. The lowest BCUT2D eigenvalue weighted by Crippen LogP contribution is -2.21. The van der Waals surface area contributed by atoms with Gasteiger partial charge in [-0.1, -0.05) is 19.6 Å². The largest absolute Gasteiger partial charge is 0.388 e. The summed E-state index contributed by atoms with van der Waals surface area (Å²) in [5, 5.41) is 3.12. The molecular formula is C14H24ClN3OSi. The molecule has 0 amide bonds. The first-order valence-corrected chi connectivity index (χ1v) is 10.4. The van der Waals surface area contributed by atoms with Crippen LogP contribution >= 0.6 is 12.4 Å². The molecule has 1 N–H and O–H groups in total. The molecule has 0 radical (unpaired) electrons. The number of fused-ring (bicyclic) bond motifs is 1. The van der Waals surface area contributed by atoms with E-state index in [1.54, 1.807) is 0 Å². The molecule has 0 spiro atoms.